The van der Waals surface area contributed by atoms with Crippen LogP contribution in [0, 0.1) is 0 Å². The third-order valence-electron chi connectivity index (χ3n) is 3.92. The first-order valence-corrected chi connectivity index (χ1v) is 9.48. The summed E-state index contributed by atoms with van der Waals surface area (Å²) in [6.07, 6.45) is 4.99. The van der Waals surface area contributed by atoms with Crippen molar-refractivity contribution in [2.24, 2.45) is 0 Å². The van der Waals surface area contributed by atoms with E-state index in [0.29, 0.717) is 16.8 Å². The molecule has 4 aromatic rings. The first-order chi connectivity index (χ1) is 13.0. The van der Waals surface area contributed by atoms with Crippen molar-refractivity contribution >= 4 is 21.0 Å². The van der Waals surface area contributed by atoms with Gasteiger partial charge in [-0.3, -0.25) is 0 Å². The standard InChI is InChI=1S/C18H14N4O4S/c23-18-5-2-14-11-15(3-4-16(14)26-18)27(24,25)21-12-13-6-8-19-17(10-13)22-9-1-7-20-22/h1-11,21H,12H2. The number of aromatic nitrogens is 3. The molecule has 0 aliphatic carbocycles. The van der Waals surface area contributed by atoms with Crippen LogP contribution in [0.5, 0.6) is 0 Å². The lowest BCUT2D eigenvalue weighted by atomic mass is 10.2. The summed E-state index contributed by atoms with van der Waals surface area (Å²) in [5.41, 5.74) is 0.590. The van der Waals surface area contributed by atoms with Gasteiger partial charge in [0.1, 0.15) is 5.58 Å². The van der Waals surface area contributed by atoms with Crippen molar-refractivity contribution in [3.63, 3.8) is 0 Å². The summed E-state index contributed by atoms with van der Waals surface area (Å²) in [5, 5.41) is 4.63. The summed E-state index contributed by atoms with van der Waals surface area (Å²) < 4.78 is 34.4. The van der Waals surface area contributed by atoms with Crippen LogP contribution < -0.4 is 10.3 Å². The predicted molar refractivity (Wildman–Crippen MR) is 97.9 cm³/mol. The van der Waals surface area contributed by atoms with Gasteiger partial charge < -0.3 is 4.42 Å². The van der Waals surface area contributed by atoms with Gasteiger partial charge in [-0.25, -0.2) is 27.6 Å². The molecule has 1 aromatic carbocycles. The number of hydrogen-bond acceptors (Lipinski definition) is 6. The van der Waals surface area contributed by atoms with Gasteiger partial charge in [-0.1, -0.05) is 0 Å². The molecule has 0 bridgehead atoms. The molecule has 3 aromatic heterocycles. The average molecular weight is 382 g/mol. The molecular weight excluding hydrogens is 368 g/mol. The summed E-state index contributed by atoms with van der Waals surface area (Å²) in [6, 6.07) is 12.4. The molecule has 0 unspecified atom stereocenters. The Kier molecular flexibility index (Phi) is 4.30. The van der Waals surface area contributed by atoms with Crippen molar-refractivity contribution in [1.82, 2.24) is 19.5 Å². The van der Waals surface area contributed by atoms with E-state index in [-0.39, 0.29) is 11.4 Å². The van der Waals surface area contributed by atoms with Crippen LogP contribution in [-0.4, -0.2) is 23.2 Å². The highest BCUT2D eigenvalue weighted by Crippen LogP contribution is 2.18. The van der Waals surface area contributed by atoms with Crippen molar-refractivity contribution < 1.29 is 12.8 Å². The van der Waals surface area contributed by atoms with Gasteiger partial charge in [-0.2, -0.15) is 5.10 Å². The highest BCUT2D eigenvalue weighted by molar-refractivity contribution is 7.89. The third-order valence-corrected chi connectivity index (χ3v) is 5.32. The van der Waals surface area contributed by atoms with Gasteiger partial charge in [0.15, 0.2) is 5.82 Å². The minimum absolute atomic E-state index is 0.0882. The van der Waals surface area contributed by atoms with E-state index >= 15 is 0 Å². The van der Waals surface area contributed by atoms with Crippen molar-refractivity contribution in [1.29, 1.82) is 0 Å². The lowest BCUT2D eigenvalue weighted by Gasteiger charge is -2.08. The molecule has 0 saturated heterocycles. The Morgan fingerprint density at radius 3 is 2.78 bits per heavy atom. The third kappa shape index (κ3) is 3.64. The number of nitrogens with one attached hydrogen (secondary N) is 1. The van der Waals surface area contributed by atoms with E-state index in [0.717, 1.165) is 5.56 Å². The van der Waals surface area contributed by atoms with Crippen molar-refractivity contribution in [2.75, 3.05) is 0 Å². The molecule has 27 heavy (non-hydrogen) atoms. The van der Waals surface area contributed by atoms with Crippen molar-refractivity contribution in [2.45, 2.75) is 11.4 Å². The van der Waals surface area contributed by atoms with Crippen LogP contribution in [0.25, 0.3) is 16.8 Å². The topological polar surface area (TPSA) is 107 Å². The first kappa shape index (κ1) is 17.1. The van der Waals surface area contributed by atoms with Gasteiger partial charge in [-0.05, 0) is 48.0 Å². The molecule has 3 heterocycles. The lowest BCUT2D eigenvalue weighted by Crippen LogP contribution is -2.23. The molecule has 4 rings (SSSR count). The van der Waals surface area contributed by atoms with E-state index in [2.05, 4.69) is 14.8 Å². The minimum Gasteiger partial charge on any atom is -0.423 e. The highest BCUT2D eigenvalue weighted by Gasteiger charge is 2.15. The molecule has 0 saturated carbocycles. The summed E-state index contributed by atoms with van der Waals surface area (Å²) in [4.78, 5) is 15.5. The normalized spacial score (nSPS) is 11.7. The monoisotopic (exact) mass is 382 g/mol. The zero-order valence-electron chi connectivity index (χ0n) is 13.9. The number of fused-ring (bicyclic) bond motifs is 1. The molecule has 9 heteroatoms. The molecule has 136 valence electrons. The second kappa shape index (κ2) is 6.78. The lowest BCUT2D eigenvalue weighted by molar-refractivity contribution is 0.560. The van der Waals surface area contributed by atoms with Gasteiger partial charge in [0.25, 0.3) is 0 Å². The Morgan fingerprint density at radius 1 is 1.07 bits per heavy atom. The fraction of sp³-hybridized carbons (Fsp3) is 0.0556. The molecule has 8 nitrogen and oxygen atoms in total. The second-order valence-electron chi connectivity index (χ2n) is 5.75. The second-order valence-corrected chi connectivity index (χ2v) is 7.52. The molecule has 0 atom stereocenters. The summed E-state index contributed by atoms with van der Waals surface area (Å²) >= 11 is 0. The minimum atomic E-state index is -3.74. The number of benzene rings is 1. The molecule has 1 N–H and O–H groups in total. The Hall–Kier alpha value is -3.30. The van der Waals surface area contributed by atoms with Crippen molar-refractivity contribution in [3.05, 3.63) is 83.1 Å². The maximum Gasteiger partial charge on any atom is 0.336 e. The molecule has 0 aliphatic heterocycles. The van der Waals surface area contributed by atoms with Crippen LogP contribution in [0.15, 0.2) is 81.2 Å². The van der Waals surface area contributed by atoms with Crippen LogP contribution in [0.1, 0.15) is 5.56 Å². The van der Waals surface area contributed by atoms with Crippen LogP contribution >= 0.6 is 0 Å². The zero-order valence-corrected chi connectivity index (χ0v) is 14.8. The van der Waals surface area contributed by atoms with Crippen LogP contribution in [0.2, 0.25) is 0 Å². The Morgan fingerprint density at radius 2 is 1.96 bits per heavy atom. The Labute approximate surface area is 154 Å². The van der Waals surface area contributed by atoms with E-state index in [1.54, 1.807) is 41.5 Å². The summed E-state index contributed by atoms with van der Waals surface area (Å²) in [6.45, 7) is 0.0982. The molecule has 0 amide bonds. The SMILES string of the molecule is O=c1ccc2cc(S(=O)(=O)NCc3ccnc(-n4cccn4)c3)ccc2o1. The highest BCUT2D eigenvalue weighted by atomic mass is 32.2. The molecular formula is C18H14N4O4S. The number of pyridine rings is 1. The van der Waals surface area contributed by atoms with Crippen LogP contribution in [0.4, 0.5) is 0 Å². The van der Waals surface area contributed by atoms with Gasteiger partial charge in [0, 0.05) is 36.6 Å². The fourth-order valence-corrected chi connectivity index (χ4v) is 3.63. The Balaban J connectivity index is 1.56. The van der Waals surface area contributed by atoms with E-state index < -0.39 is 15.6 Å². The van der Waals surface area contributed by atoms with Crippen molar-refractivity contribution in [3.8, 4) is 5.82 Å². The van der Waals surface area contributed by atoms with Crippen LogP contribution in [0.3, 0.4) is 0 Å². The molecule has 0 aliphatic rings. The van der Waals surface area contributed by atoms with E-state index in [1.807, 2.05) is 0 Å². The zero-order chi connectivity index (χ0) is 18.9. The van der Waals surface area contributed by atoms with E-state index in [4.69, 9.17) is 4.42 Å². The maximum absolute atomic E-state index is 12.6. The van der Waals surface area contributed by atoms with Gasteiger partial charge in [0.05, 0.1) is 4.90 Å². The number of sulfonamides is 1. The fourth-order valence-electron chi connectivity index (χ4n) is 2.58. The first-order valence-electron chi connectivity index (χ1n) is 8.00. The van der Waals surface area contributed by atoms with E-state index in [9.17, 15) is 13.2 Å². The van der Waals surface area contributed by atoms with E-state index in [1.165, 1.54) is 30.3 Å². The smallest absolute Gasteiger partial charge is 0.336 e. The maximum atomic E-state index is 12.6. The number of hydrogen-bond donors (Lipinski definition) is 1. The van der Waals surface area contributed by atoms with Crippen LogP contribution in [-0.2, 0) is 16.6 Å². The predicted octanol–water partition coefficient (Wildman–Crippen LogP) is 1.85. The number of nitrogens with zero attached hydrogens (tertiary/aromatic N) is 3. The quantitative estimate of drug-likeness (QED) is 0.528. The summed E-state index contributed by atoms with van der Waals surface area (Å²) in [7, 11) is -3.74. The Bertz CT molecular complexity index is 1260. The van der Waals surface area contributed by atoms with Gasteiger partial charge in [-0.15, -0.1) is 0 Å². The van der Waals surface area contributed by atoms with Gasteiger partial charge in [0.2, 0.25) is 10.0 Å². The van der Waals surface area contributed by atoms with Gasteiger partial charge >= 0.3 is 5.63 Å². The number of rotatable bonds is 5. The molecule has 0 spiro atoms. The average Bonchev–Trinajstić information content (AvgIpc) is 3.21. The molecule has 0 radical (unpaired) electrons. The summed E-state index contributed by atoms with van der Waals surface area (Å²) in [5.74, 6) is 0.595. The molecule has 0 fully saturated rings. The largest absolute Gasteiger partial charge is 0.423 e.